The molecule has 2 aromatic carbocycles. The Labute approximate surface area is 204 Å². The summed E-state index contributed by atoms with van der Waals surface area (Å²) in [6.45, 7) is 3.17. The second-order valence-electron chi connectivity index (χ2n) is 9.72. The molecular formula is C27H33F4N3O. The zero-order valence-corrected chi connectivity index (χ0v) is 20.1. The predicted octanol–water partition coefficient (Wildman–Crippen LogP) is 5.49. The number of amides is 1. The lowest BCUT2D eigenvalue weighted by atomic mass is 9.93. The molecule has 1 aliphatic carbocycles. The number of rotatable bonds is 6. The highest BCUT2D eigenvalue weighted by Gasteiger charge is 2.35. The molecule has 1 amide bonds. The summed E-state index contributed by atoms with van der Waals surface area (Å²) in [5.41, 5.74) is -0.0837. The van der Waals surface area contributed by atoms with Crippen LogP contribution in [-0.4, -0.2) is 59.9 Å². The summed E-state index contributed by atoms with van der Waals surface area (Å²) in [5, 5.41) is 0. The van der Waals surface area contributed by atoms with Crippen LogP contribution in [0.3, 0.4) is 0 Å². The van der Waals surface area contributed by atoms with Gasteiger partial charge in [-0.3, -0.25) is 14.6 Å². The van der Waals surface area contributed by atoms with Gasteiger partial charge in [0.05, 0.1) is 5.56 Å². The van der Waals surface area contributed by atoms with Crippen LogP contribution in [0.4, 0.5) is 17.6 Å². The first-order valence-electron chi connectivity index (χ1n) is 12.4. The van der Waals surface area contributed by atoms with Crippen LogP contribution in [0.2, 0.25) is 0 Å². The van der Waals surface area contributed by atoms with Crippen molar-refractivity contribution < 1.29 is 22.4 Å². The van der Waals surface area contributed by atoms with E-state index in [2.05, 4.69) is 9.80 Å². The van der Waals surface area contributed by atoms with Gasteiger partial charge < -0.3 is 4.90 Å². The summed E-state index contributed by atoms with van der Waals surface area (Å²) in [6.07, 6.45) is 1.68. The molecule has 2 aromatic rings. The third-order valence-electron chi connectivity index (χ3n) is 7.24. The summed E-state index contributed by atoms with van der Waals surface area (Å²) in [4.78, 5) is 19.8. The second-order valence-corrected chi connectivity index (χ2v) is 9.72. The number of alkyl halides is 3. The summed E-state index contributed by atoms with van der Waals surface area (Å²) >= 11 is 0. The third kappa shape index (κ3) is 6.41. The molecule has 1 saturated carbocycles. The summed E-state index contributed by atoms with van der Waals surface area (Å²) < 4.78 is 53.3. The molecule has 4 rings (SSSR count). The van der Waals surface area contributed by atoms with Crippen molar-refractivity contribution in [3.8, 4) is 0 Å². The van der Waals surface area contributed by atoms with Crippen LogP contribution in [-0.2, 0) is 17.5 Å². The van der Waals surface area contributed by atoms with Gasteiger partial charge in [-0.1, -0.05) is 49.6 Å². The van der Waals surface area contributed by atoms with Crippen LogP contribution < -0.4 is 0 Å². The largest absolute Gasteiger partial charge is 0.416 e. The van der Waals surface area contributed by atoms with Crippen molar-refractivity contribution in [1.29, 1.82) is 0 Å². The van der Waals surface area contributed by atoms with Gasteiger partial charge in [0.2, 0.25) is 5.91 Å². The fraction of sp³-hybridized carbons (Fsp3) is 0.519. The molecule has 35 heavy (non-hydrogen) atoms. The number of likely N-dealkylation sites (N-methyl/N-ethyl adjacent to an activating group) is 1. The summed E-state index contributed by atoms with van der Waals surface area (Å²) in [5.74, 6) is -1.17. The van der Waals surface area contributed by atoms with Gasteiger partial charge in [-0.05, 0) is 42.2 Å². The molecule has 0 aromatic heterocycles. The van der Waals surface area contributed by atoms with E-state index in [1.54, 1.807) is 7.05 Å². The van der Waals surface area contributed by atoms with Crippen molar-refractivity contribution in [1.82, 2.24) is 14.7 Å². The number of carbonyl (C=O) groups excluding carboxylic acids is 1. The van der Waals surface area contributed by atoms with E-state index in [1.807, 2.05) is 30.3 Å². The van der Waals surface area contributed by atoms with Crippen LogP contribution in [0.25, 0.3) is 0 Å². The first-order chi connectivity index (χ1) is 16.7. The van der Waals surface area contributed by atoms with Crippen LogP contribution in [0.1, 0.15) is 54.8 Å². The Morgan fingerprint density at radius 3 is 2.29 bits per heavy atom. The molecule has 190 valence electrons. The molecule has 0 N–H and O–H groups in total. The molecule has 1 atom stereocenters. The Kier molecular flexibility index (Phi) is 8.12. The normalized spacial score (nSPS) is 19.5. The molecule has 2 aliphatic rings. The van der Waals surface area contributed by atoms with Crippen LogP contribution in [0, 0.1) is 5.82 Å². The number of hydrogen-bond donors (Lipinski definition) is 0. The first kappa shape index (κ1) is 25.6. The second kappa shape index (κ2) is 11.1. The SMILES string of the molecule is CN(Cc1cc(F)cc(C(F)(F)F)c1)C(=O)C(c1ccccc1)N1CCN(C2CCCCC2)CC1. The fourth-order valence-corrected chi connectivity index (χ4v) is 5.42. The Bertz CT molecular complexity index is 984. The van der Waals surface area contributed by atoms with E-state index in [9.17, 15) is 22.4 Å². The Balaban J connectivity index is 1.49. The van der Waals surface area contributed by atoms with E-state index in [0.29, 0.717) is 12.1 Å². The lowest BCUT2D eigenvalue weighted by Crippen LogP contribution is -2.53. The molecule has 1 unspecified atom stereocenters. The van der Waals surface area contributed by atoms with Gasteiger partial charge in [0.15, 0.2) is 0 Å². The van der Waals surface area contributed by atoms with Gasteiger partial charge in [0, 0.05) is 45.8 Å². The molecule has 1 saturated heterocycles. The number of piperazine rings is 1. The standard InChI is InChI=1S/C27H33F4N3O/c1-32(19-20-16-22(27(29,30)31)18-23(28)17-20)26(35)25(21-8-4-2-5-9-21)34-14-12-33(13-15-34)24-10-6-3-7-11-24/h2,4-5,8-9,16-18,24-25H,3,6-7,10-15,19H2,1H3. The predicted molar refractivity (Wildman–Crippen MR) is 127 cm³/mol. The minimum absolute atomic E-state index is 0.106. The molecule has 4 nitrogen and oxygen atoms in total. The highest BCUT2D eigenvalue weighted by molar-refractivity contribution is 5.83. The van der Waals surface area contributed by atoms with Crippen LogP contribution in [0.5, 0.6) is 0 Å². The summed E-state index contributed by atoms with van der Waals surface area (Å²) in [6, 6.07) is 12.0. The van der Waals surface area contributed by atoms with E-state index in [-0.39, 0.29) is 18.0 Å². The van der Waals surface area contributed by atoms with Gasteiger partial charge in [0.1, 0.15) is 11.9 Å². The van der Waals surface area contributed by atoms with Crippen molar-refractivity contribution in [3.63, 3.8) is 0 Å². The maximum Gasteiger partial charge on any atom is 0.416 e. The maximum atomic E-state index is 13.9. The molecule has 8 heteroatoms. The van der Waals surface area contributed by atoms with Crippen molar-refractivity contribution >= 4 is 5.91 Å². The average Bonchev–Trinajstić information content (AvgIpc) is 2.85. The van der Waals surface area contributed by atoms with Gasteiger partial charge in [-0.25, -0.2) is 4.39 Å². The van der Waals surface area contributed by atoms with Gasteiger partial charge >= 0.3 is 6.18 Å². The summed E-state index contributed by atoms with van der Waals surface area (Å²) in [7, 11) is 1.56. The third-order valence-corrected chi connectivity index (χ3v) is 7.24. The number of benzene rings is 2. The molecular weight excluding hydrogens is 458 g/mol. The minimum Gasteiger partial charge on any atom is -0.340 e. The smallest absolute Gasteiger partial charge is 0.340 e. The lowest BCUT2D eigenvalue weighted by molar-refractivity contribution is -0.137. The zero-order valence-electron chi connectivity index (χ0n) is 20.1. The Hall–Kier alpha value is -2.45. The van der Waals surface area contributed by atoms with Gasteiger partial charge in [0.25, 0.3) is 0 Å². The topological polar surface area (TPSA) is 26.8 Å². The molecule has 1 heterocycles. The van der Waals surface area contributed by atoms with Crippen molar-refractivity contribution in [2.24, 2.45) is 0 Å². The number of hydrogen-bond acceptors (Lipinski definition) is 3. The van der Waals surface area contributed by atoms with Crippen molar-refractivity contribution in [2.75, 3.05) is 33.2 Å². The molecule has 1 aliphatic heterocycles. The number of halogens is 4. The van der Waals surface area contributed by atoms with E-state index in [4.69, 9.17) is 0 Å². The quantitative estimate of drug-likeness (QED) is 0.500. The maximum absolute atomic E-state index is 13.9. The van der Waals surface area contributed by atoms with Crippen LogP contribution in [0.15, 0.2) is 48.5 Å². The molecule has 0 bridgehead atoms. The number of nitrogens with zero attached hydrogens (tertiary/aromatic N) is 3. The fourth-order valence-electron chi connectivity index (χ4n) is 5.42. The Morgan fingerprint density at radius 2 is 1.66 bits per heavy atom. The van der Waals surface area contributed by atoms with Gasteiger partial charge in [-0.2, -0.15) is 13.2 Å². The van der Waals surface area contributed by atoms with Crippen LogP contribution >= 0.6 is 0 Å². The first-order valence-corrected chi connectivity index (χ1v) is 12.4. The van der Waals surface area contributed by atoms with Crippen molar-refractivity contribution in [3.05, 3.63) is 71.0 Å². The highest BCUT2D eigenvalue weighted by atomic mass is 19.4. The van der Waals surface area contributed by atoms with Gasteiger partial charge in [-0.15, -0.1) is 0 Å². The molecule has 2 fully saturated rings. The Morgan fingerprint density at radius 1 is 1.00 bits per heavy atom. The average molecular weight is 492 g/mol. The highest BCUT2D eigenvalue weighted by Crippen LogP contribution is 2.32. The minimum atomic E-state index is -4.65. The van der Waals surface area contributed by atoms with E-state index >= 15 is 0 Å². The molecule has 0 spiro atoms. The van der Waals surface area contributed by atoms with E-state index in [1.165, 1.54) is 37.0 Å². The monoisotopic (exact) mass is 491 g/mol. The van der Waals surface area contributed by atoms with E-state index < -0.39 is 23.6 Å². The van der Waals surface area contributed by atoms with Crippen molar-refractivity contribution in [2.45, 2.75) is 56.9 Å². The zero-order chi connectivity index (χ0) is 25.0. The van der Waals surface area contributed by atoms with E-state index in [0.717, 1.165) is 43.9 Å². The lowest BCUT2D eigenvalue weighted by Gasteiger charge is -2.43. The molecule has 0 radical (unpaired) electrons. The number of carbonyl (C=O) groups is 1.